The van der Waals surface area contributed by atoms with E-state index >= 15 is 0 Å². The molecule has 0 bridgehead atoms. The summed E-state index contributed by atoms with van der Waals surface area (Å²) in [6, 6.07) is 11.0. The molecule has 1 aromatic carbocycles. The van der Waals surface area contributed by atoms with Crippen LogP contribution in [-0.2, 0) is 16.0 Å². The van der Waals surface area contributed by atoms with Crippen LogP contribution >= 0.6 is 0 Å². The molecule has 0 aliphatic carbocycles. The predicted molar refractivity (Wildman–Crippen MR) is 96.9 cm³/mol. The standard InChI is InChI=1S/C18H22N4O3/c1-22(2)16-9-6-14(12-20-16)21-18(24)17(23)19-11-10-13-4-7-15(25-3)8-5-13/h4-9,12H,10-11H2,1-3H3,(H,19,23)(H,21,24). The summed E-state index contributed by atoms with van der Waals surface area (Å²) < 4.78 is 5.09. The number of pyridine rings is 1. The molecule has 0 unspecified atom stereocenters. The number of ether oxygens (including phenoxy) is 1. The van der Waals surface area contributed by atoms with Gasteiger partial charge in [-0.05, 0) is 36.2 Å². The molecule has 0 saturated heterocycles. The van der Waals surface area contributed by atoms with E-state index in [1.54, 1.807) is 19.2 Å². The van der Waals surface area contributed by atoms with Gasteiger partial charge in [-0.15, -0.1) is 0 Å². The fourth-order valence-electron chi connectivity index (χ4n) is 2.11. The van der Waals surface area contributed by atoms with Crippen LogP contribution in [0.3, 0.4) is 0 Å². The zero-order valence-electron chi connectivity index (χ0n) is 14.6. The minimum Gasteiger partial charge on any atom is -0.497 e. The third-order valence-corrected chi connectivity index (χ3v) is 3.53. The number of rotatable bonds is 6. The first-order chi connectivity index (χ1) is 12.0. The predicted octanol–water partition coefficient (Wildman–Crippen LogP) is 1.45. The summed E-state index contributed by atoms with van der Waals surface area (Å²) in [4.78, 5) is 29.7. The summed E-state index contributed by atoms with van der Waals surface area (Å²) in [7, 11) is 5.35. The molecule has 7 heteroatoms. The molecule has 25 heavy (non-hydrogen) atoms. The third kappa shape index (κ3) is 5.49. The molecule has 1 heterocycles. The molecule has 0 atom stereocenters. The maximum Gasteiger partial charge on any atom is 0.313 e. The second-order valence-corrected chi connectivity index (χ2v) is 5.61. The molecule has 0 radical (unpaired) electrons. The van der Waals surface area contributed by atoms with E-state index in [4.69, 9.17) is 4.74 Å². The van der Waals surface area contributed by atoms with Gasteiger partial charge in [-0.2, -0.15) is 0 Å². The number of aromatic nitrogens is 1. The van der Waals surface area contributed by atoms with Gasteiger partial charge in [0.1, 0.15) is 11.6 Å². The van der Waals surface area contributed by atoms with Crippen LogP contribution in [-0.4, -0.2) is 44.5 Å². The van der Waals surface area contributed by atoms with E-state index in [-0.39, 0.29) is 0 Å². The number of nitrogens with one attached hydrogen (secondary N) is 2. The largest absolute Gasteiger partial charge is 0.497 e. The normalized spacial score (nSPS) is 10.0. The first kappa shape index (κ1) is 18.3. The van der Waals surface area contributed by atoms with Gasteiger partial charge in [0, 0.05) is 20.6 Å². The zero-order valence-corrected chi connectivity index (χ0v) is 14.6. The maximum atomic E-state index is 11.9. The summed E-state index contributed by atoms with van der Waals surface area (Å²) in [5.41, 5.74) is 1.52. The van der Waals surface area contributed by atoms with Crippen molar-refractivity contribution in [2.45, 2.75) is 6.42 Å². The summed E-state index contributed by atoms with van der Waals surface area (Å²) in [6.07, 6.45) is 2.14. The van der Waals surface area contributed by atoms with Gasteiger partial charge < -0.3 is 20.3 Å². The van der Waals surface area contributed by atoms with Crippen molar-refractivity contribution in [3.8, 4) is 5.75 Å². The highest BCUT2D eigenvalue weighted by Crippen LogP contribution is 2.12. The van der Waals surface area contributed by atoms with E-state index < -0.39 is 11.8 Å². The first-order valence-electron chi connectivity index (χ1n) is 7.85. The van der Waals surface area contributed by atoms with Crippen LogP contribution in [0.2, 0.25) is 0 Å². The number of hydrogen-bond acceptors (Lipinski definition) is 5. The van der Waals surface area contributed by atoms with Crippen molar-refractivity contribution in [1.29, 1.82) is 0 Å². The van der Waals surface area contributed by atoms with E-state index in [1.165, 1.54) is 6.20 Å². The highest BCUT2D eigenvalue weighted by molar-refractivity contribution is 6.39. The average molecular weight is 342 g/mol. The number of hydrogen-bond donors (Lipinski definition) is 2. The number of carbonyl (C=O) groups is 2. The van der Waals surface area contributed by atoms with Crippen molar-refractivity contribution >= 4 is 23.3 Å². The minimum atomic E-state index is -0.714. The Morgan fingerprint density at radius 3 is 2.36 bits per heavy atom. The topological polar surface area (TPSA) is 83.6 Å². The lowest BCUT2D eigenvalue weighted by Crippen LogP contribution is -2.36. The van der Waals surface area contributed by atoms with E-state index in [1.807, 2.05) is 43.3 Å². The second-order valence-electron chi connectivity index (χ2n) is 5.61. The van der Waals surface area contributed by atoms with Crippen LogP contribution in [0.1, 0.15) is 5.56 Å². The Kier molecular flexibility index (Phi) is 6.33. The van der Waals surface area contributed by atoms with Gasteiger partial charge in [0.05, 0.1) is 19.0 Å². The van der Waals surface area contributed by atoms with Crippen molar-refractivity contribution in [3.63, 3.8) is 0 Å². The molecule has 7 nitrogen and oxygen atoms in total. The van der Waals surface area contributed by atoms with Gasteiger partial charge in [-0.1, -0.05) is 12.1 Å². The molecule has 2 rings (SSSR count). The van der Waals surface area contributed by atoms with Gasteiger partial charge in [0.15, 0.2) is 0 Å². The van der Waals surface area contributed by atoms with Crippen molar-refractivity contribution < 1.29 is 14.3 Å². The molecule has 2 amide bonds. The van der Waals surface area contributed by atoms with E-state index in [0.29, 0.717) is 18.7 Å². The maximum absolute atomic E-state index is 11.9. The summed E-state index contributed by atoms with van der Waals surface area (Å²) in [6.45, 7) is 0.371. The van der Waals surface area contributed by atoms with Gasteiger partial charge >= 0.3 is 11.8 Å². The molecule has 132 valence electrons. The summed E-state index contributed by atoms with van der Waals surface area (Å²) >= 11 is 0. The quantitative estimate of drug-likeness (QED) is 0.777. The highest BCUT2D eigenvalue weighted by atomic mass is 16.5. The van der Waals surface area contributed by atoms with E-state index in [9.17, 15) is 9.59 Å². The van der Waals surface area contributed by atoms with Gasteiger partial charge in [-0.25, -0.2) is 4.98 Å². The lowest BCUT2D eigenvalue weighted by atomic mass is 10.1. The van der Waals surface area contributed by atoms with Crippen LogP contribution in [0.5, 0.6) is 5.75 Å². The van der Waals surface area contributed by atoms with Crippen molar-refractivity contribution in [2.75, 3.05) is 38.0 Å². The second kappa shape index (κ2) is 8.68. The molecular weight excluding hydrogens is 320 g/mol. The van der Waals surface area contributed by atoms with Crippen molar-refractivity contribution in [3.05, 3.63) is 48.2 Å². The Hall–Kier alpha value is -3.09. The number of amides is 2. The monoisotopic (exact) mass is 342 g/mol. The van der Waals surface area contributed by atoms with E-state index in [0.717, 1.165) is 17.1 Å². The molecule has 0 aliphatic rings. The molecule has 0 fully saturated rings. The Labute approximate surface area is 147 Å². The Bertz CT molecular complexity index is 712. The van der Waals surface area contributed by atoms with Crippen molar-refractivity contribution in [2.24, 2.45) is 0 Å². The number of methoxy groups -OCH3 is 1. The number of nitrogens with zero attached hydrogens (tertiary/aromatic N) is 2. The Morgan fingerprint density at radius 1 is 1.08 bits per heavy atom. The number of benzene rings is 1. The zero-order chi connectivity index (χ0) is 18.2. The molecule has 1 aromatic heterocycles. The molecule has 0 spiro atoms. The third-order valence-electron chi connectivity index (χ3n) is 3.53. The van der Waals surface area contributed by atoms with Gasteiger partial charge in [0.25, 0.3) is 0 Å². The Morgan fingerprint density at radius 2 is 1.80 bits per heavy atom. The van der Waals surface area contributed by atoms with Crippen LogP contribution in [0.25, 0.3) is 0 Å². The average Bonchev–Trinajstić information content (AvgIpc) is 2.62. The molecule has 2 aromatic rings. The lowest BCUT2D eigenvalue weighted by Gasteiger charge is -2.11. The number of anilines is 2. The van der Waals surface area contributed by atoms with Gasteiger partial charge in [-0.3, -0.25) is 9.59 Å². The summed E-state index contributed by atoms with van der Waals surface area (Å²) in [5.74, 6) is 0.155. The van der Waals surface area contributed by atoms with Crippen LogP contribution in [0.4, 0.5) is 11.5 Å². The first-order valence-corrected chi connectivity index (χ1v) is 7.85. The molecule has 0 saturated carbocycles. The van der Waals surface area contributed by atoms with Crippen LogP contribution in [0.15, 0.2) is 42.6 Å². The molecule has 0 aliphatic heterocycles. The fourth-order valence-corrected chi connectivity index (χ4v) is 2.11. The molecular formula is C18H22N4O3. The van der Waals surface area contributed by atoms with Crippen molar-refractivity contribution in [1.82, 2.24) is 10.3 Å². The van der Waals surface area contributed by atoms with Crippen LogP contribution in [0, 0.1) is 0 Å². The van der Waals surface area contributed by atoms with Crippen LogP contribution < -0.4 is 20.3 Å². The lowest BCUT2D eigenvalue weighted by molar-refractivity contribution is -0.136. The number of carbonyl (C=O) groups excluding carboxylic acids is 2. The Balaban J connectivity index is 1.78. The summed E-state index contributed by atoms with van der Waals surface area (Å²) in [5, 5.41) is 5.12. The smallest absolute Gasteiger partial charge is 0.313 e. The SMILES string of the molecule is COc1ccc(CCNC(=O)C(=O)Nc2ccc(N(C)C)nc2)cc1. The van der Waals surface area contributed by atoms with E-state index in [2.05, 4.69) is 15.6 Å². The molecule has 2 N–H and O–H groups in total. The highest BCUT2D eigenvalue weighted by Gasteiger charge is 2.13. The van der Waals surface area contributed by atoms with Gasteiger partial charge in [0.2, 0.25) is 0 Å². The fraction of sp³-hybridized carbons (Fsp3) is 0.278. The minimum absolute atomic E-state index is 0.371.